The first-order valence-corrected chi connectivity index (χ1v) is 9.98. The van der Waals surface area contributed by atoms with Crippen LogP contribution in [0.25, 0.3) is 27.1 Å². The van der Waals surface area contributed by atoms with E-state index in [1.165, 1.54) is 16.3 Å². The highest BCUT2D eigenvalue weighted by atomic mass is 32.1. The summed E-state index contributed by atoms with van der Waals surface area (Å²) in [5.41, 5.74) is 2.12. The third-order valence-corrected chi connectivity index (χ3v) is 5.79. The zero-order valence-electron chi connectivity index (χ0n) is 16.0. The number of hydrogen-bond donors (Lipinski definition) is 0. The van der Waals surface area contributed by atoms with Crippen LogP contribution in [0.3, 0.4) is 0 Å². The average molecular weight is 402 g/mol. The molecule has 0 aliphatic rings. The van der Waals surface area contributed by atoms with Gasteiger partial charge in [-0.15, -0.1) is 10.2 Å². The molecule has 0 saturated carbocycles. The molecular weight excluding hydrogens is 384 g/mol. The highest BCUT2D eigenvalue weighted by Gasteiger charge is 2.16. The van der Waals surface area contributed by atoms with E-state index in [2.05, 4.69) is 52.7 Å². The van der Waals surface area contributed by atoms with Gasteiger partial charge in [0.05, 0.1) is 14.2 Å². The first kappa shape index (κ1) is 17.6. The molecule has 7 heteroatoms. The molecule has 0 aliphatic carbocycles. The Bertz CT molecular complexity index is 1320. The number of rotatable bonds is 5. The zero-order chi connectivity index (χ0) is 19.8. The largest absolute Gasteiger partial charge is 0.493 e. The van der Waals surface area contributed by atoms with Crippen LogP contribution < -0.4 is 9.47 Å². The van der Waals surface area contributed by atoms with Gasteiger partial charge < -0.3 is 9.47 Å². The minimum Gasteiger partial charge on any atom is -0.493 e. The van der Waals surface area contributed by atoms with Crippen LogP contribution in [0.2, 0.25) is 0 Å². The SMILES string of the molecule is COc1ccc(-c2nnc3sc(Cc4cccc5ccccc45)nn23)cc1OC. The molecule has 5 rings (SSSR count). The molecule has 6 nitrogen and oxygen atoms in total. The van der Waals surface area contributed by atoms with Crippen molar-refractivity contribution in [1.29, 1.82) is 0 Å². The standard InChI is InChI=1S/C22H18N4O2S/c1-27-18-11-10-16(12-19(18)28-2)21-23-24-22-26(21)25-20(29-22)13-15-8-5-7-14-6-3-4-9-17(14)15/h3-12H,13H2,1-2H3. The predicted octanol–water partition coefficient (Wildman–Crippen LogP) is 4.61. The molecule has 0 spiro atoms. The molecule has 2 heterocycles. The number of nitrogens with zero attached hydrogens (tertiary/aromatic N) is 4. The lowest BCUT2D eigenvalue weighted by Gasteiger charge is -2.08. The van der Waals surface area contributed by atoms with E-state index in [4.69, 9.17) is 14.6 Å². The Morgan fingerprint density at radius 3 is 2.59 bits per heavy atom. The highest BCUT2D eigenvalue weighted by molar-refractivity contribution is 7.16. The summed E-state index contributed by atoms with van der Waals surface area (Å²) < 4.78 is 12.5. The number of fused-ring (bicyclic) bond motifs is 2. The third-order valence-electron chi connectivity index (χ3n) is 4.90. The number of methoxy groups -OCH3 is 2. The van der Waals surface area contributed by atoms with E-state index in [1.54, 1.807) is 30.1 Å². The Kier molecular flexibility index (Phi) is 4.37. The number of ether oxygens (including phenoxy) is 2. The molecule has 5 aromatic rings. The monoisotopic (exact) mass is 402 g/mol. The highest BCUT2D eigenvalue weighted by Crippen LogP contribution is 2.32. The summed E-state index contributed by atoms with van der Waals surface area (Å²) in [4.78, 5) is 0.769. The molecule has 0 fully saturated rings. The number of aromatic nitrogens is 4. The Morgan fingerprint density at radius 1 is 0.897 bits per heavy atom. The van der Waals surface area contributed by atoms with Crippen LogP contribution in [0.1, 0.15) is 10.6 Å². The maximum absolute atomic E-state index is 5.41. The van der Waals surface area contributed by atoms with Gasteiger partial charge in [0, 0.05) is 12.0 Å². The van der Waals surface area contributed by atoms with Gasteiger partial charge in [-0.25, -0.2) is 0 Å². The first-order chi connectivity index (χ1) is 14.3. The maximum Gasteiger partial charge on any atom is 0.234 e. The molecule has 0 amide bonds. The predicted molar refractivity (Wildman–Crippen MR) is 114 cm³/mol. The van der Waals surface area contributed by atoms with Crippen LogP contribution >= 0.6 is 11.3 Å². The summed E-state index contributed by atoms with van der Waals surface area (Å²) in [6.07, 6.45) is 0.751. The second-order valence-corrected chi connectivity index (χ2v) is 7.64. The second-order valence-electron chi connectivity index (χ2n) is 6.60. The van der Waals surface area contributed by atoms with Crippen molar-refractivity contribution in [3.63, 3.8) is 0 Å². The lowest BCUT2D eigenvalue weighted by molar-refractivity contribution is 0.355. The molecule has 0 aliphatic heterocycles. The third kappa shape index (κ3) is 3.09. The minimum atomic E-state index is 0.646. The Hall–Kier alpha value is -3.45. The first-order valence-electron chi connectivity index (χ1n) is 9.17. The van der Waals surface area contributed by atoms with Crippen LogP contribution in [0.15, 0.2) is 60.7 Å². The maximum atomic E-state index is 5.41. The fourth-order valence-corrected chi connectivity index (χ4v) is 4.35. The van der Waals surface area contributed by atoms with Gasteiger partial charge in [0.15, 0.2) is 17.3 Å². The van der Waals surface area contributed by atoms with Crippen molar-refractivity contribution in [2.45, 2.75) is 6.42 Å². The summed E-state index contributed by atoms with van der Waals surface area (Å²) in [6, 6.07) is 20.5. The molecule has 0 radical (unpaired) electrons. The van der Waals surface area contributed by atoms with Crippen molar-refractivity contribution in [2.75, 3.05) is 14.2 Å². The van der Waals surface area contributed by atoms with E-state index in [0.29, 0.717) is 17.3 Å². The van der Waals surface area contributed by atoms with Crippen LogP contribution in [0.4, 0.5) is 0 Å². The lowest BCUT2D eigenvalue weighted by atomic mass is 10.0. The van der Waals surface area contributed by atoms with Crippen molar-refractivity contribution in [3.8, 4) is 22.9 Å². The average Bonchev–Trinajstić information content (AvgIpc) is 3.34. The van der Waals surface area contributed by atoms with Crippen LogP contribution in [0, 0.1) is 0 Å². The summed E-state index contributed by atoms with van der Waals surface area (Å²) in [7, 11) is 3.24. The van der Waals surface area contributed by atoms with Gasteiger partial charge >= 0.3 is 0 Å². The second kappa shape index (κ2) is 7.18. The van der Waals surface area contributed by atoms with E-state index in [9.17, 15) is 0 Å². The molecule has 0 N–H and O–H groups in total. The van der Waals surface area contributed by atoms with Gasteiger partial charge in [-0.2, -0.15) is 9.61 Å². The smallest absolute Gasteiger partial charge is 0.234 e. The molecule has 29 heavy (non-hydrogen) atoms. The number of benzene rings is 3. The minimum absolute atomic E-state index is 0.646. The van der Waals surface area contributed by atoms with Gasteiger partial charge in [-0.3, -0.25) is 0 Å². The lowest BCUT2D eigenvalue weighted by Crippen LogP contribution is -1.96. The fraction of sp³-hybridized carbons (Fsp3) is 0.136. The molecule has 0 atom stereocenters. The molecule has 0 unspecified atom stereocenters. The Balaban J connectivity index is 1.53. The molecule has 0 bridgehead atoms. The topological polar surface area (TPSA) is 61.5 Å². The van der Waals surface area contributed by atoms with Crippen molar-refractivity contribution in [2.24, 2.45) is 0 Å². The normalized spacial score (nSPS) is 11.2. The molecular formula is C22H18N4O2S. The number of hydrogen-bond acceptors (Lipinski definition) is 6. The van der Waals surface area contributed by atoms with E-state index >= 15 is 0 Å². The fourth-order valence-electron chi connectivity index (χ4n) is 3.49. The van der Waals surface area contributed by atoms with Gasteiger partial charge in [0.1, 0.15) is 5.01 Å². The van der Waals surface area contributed by atoms with Gasteiger partial charge in [0.2, 0.25) is 4.96 Å². The van der Waals surface area contributed by atoms with Crippen molar-refractivity contribution in [3.05, 3.63) is 71.2 Å². The van der Waals surface area contributed by atoms with Gasteiger partial charge in [0.25, 0.3) is 0 Å². The molecule has 2 aromatic heterocycles. The molecule has 144 valence electrons. The quantitative estimate of drug-likeness (QED) is 0.429. The van der Waals surface area contributed by atoms with Crippen molar-refractivity contribution >= 4 is 27.1 Å². The summed E-state index contributed by atoms with van der Waals surface area (Å²) >= 11 is 1.56. The molecule has 0 saturated heterocycles. The van der Waals surface area contributed by atoms with E-state index < -0.39 is 0 Å². The van der Waals surface area contributed by atoms with Crippen LogP contribution in [-0.2, 0) is 6.42 Å². The van der Waals surface area contributed by atoms with Crippen molar-refractivity contribution in [1.82, 2.24) is 19.8 Å². The van der Waals surface area contributed by atoms with E-state index in [-0.39, 0.29) is 0 Å². The van der Waals surface area contributed by atoms with Crippen LogP contribution in [-0.4, -0.2) is 34.0 Å². The van der Waals surface area contributed by atoms with Gasteiger partial charge in [-0.05, 0) is 34.5 Å². The summed E-state index contributed by atoms with van der Waals surface area (Å²) in [6.45, 7) is 0. The van der Waals surface area contributed by atoms with E-state index in [0.717, 1.165) is 22.0 Å². The van der Waals surface area contributed by atoms with E-state index in [1.807, 2.05) is 18.2 Å². The van der Waals surface area contributed by atoms with Crippen LogP contribution in [0.5, 0.6) is 11.5 Å². The summed E-state index contributed by atoms with van der Waals surface area (Å²) in [5.74, 6) is 2.00. The Morgan fingerprint density at radius 2 is 1.72 bits per heavy atom. The van der Waals surface area contributed by atoms with Gasteiger partial charge in [-0.1, -0.05) is 53.8 Å². The summed E-state index contributed by atoms with van der Waals surface area (Å²) in [5, 5.41) is 16.9. The molecule has 3 aromatic carbocycles. The zero-order valence-corrected chi connectivity index (χ0v) is 16.8. The Labute approximate surface area is 171 Å². The van der Waals surface area contributed by atoms with Crippen molar-refractivity contribution < 1.29 is 9.47 Å².